The van der Waals surface area contributed by atoms with E-state index in [4.69, 9.17) is 4.74 Å². The topological polar surface area (TPSA) is 63.7 Å². The molecule has 0 bridgehead atoms. The van der Waals surface area contributed by atoms with Gasteiger partial charge in [0.2, 0.25) is 0 Å². The van der Waals surface area contributed by atoms with Crippen LogP contribution in [0.1, 0.15) is 41.5 Å². The SMILES string of the molecule is CC(C)=CC1C(C(=O)OCN2C(=O)C(C)=C(C)C2=O)C1(C)C. The molecule has 0 saturated heterocycles. The molecule has 2 amide bonds. The summed E-state index contributed by atoms with van der Waals surface area (Å²) in [7, 11) is 0. The molecule has 0 radical (unpaired) electrons. The van der Waals surface area contributed by atoms with Crippen molar-refractivity contribution in [2.45, 2.75) is 41.5 Å². The van der Waals surface area contributed by atoms with Crippen LogP contribution in [0.2, 0.25) is 0 Å². The molecule has 22 heavy (non-hydrogen) atoms. The predicted octanol–water partition coefficient (Wildman–Crippen LogP) is 2.43. The number of ether oxygens (including phenoxy) is 1. The van der Waals surface area contributed by atoms with Crippen molar-refractivity contribution < 1.29 is 19.1 Å². The molecule has 1 fully saturated rings. The van der Waals surface area contributed by atoms with Crippen LogP contribution in [0.15, 0.2) is 22.8 Å². The van der Waals surface area contributed by atoms with Crippen LogP contribution in [-0.4, -0.2) is 29.4 Å². The van der Waals surface area contributed by atoms with Crippen molar-refractivity contribution in [2.24, 2.45) is 17.3 Å². The Morgan fingerprint density at radius 1 is 1.18 bits per heavy atom. The number of nitrogens with zero attached hydrogens (tertiary/aromatic N) is 1. The maximum Gasteiger partial charge on any atom is 0.311 e. The second-order valence-corrected chi connectivity index (χ2v) is 6.95. The van der Waals surface area contributed by atoms with E-state index in [1.807, 2.05) is 27.7 Å². The third-order valence-corrected chi connectivity index (χ3v) is 4.71. The molecule has 2 rings (SSSR count). The first-order chi connectivity index (χ1) is 10.1. The monoisotopic (exact) mass is 305 g/mol. The normalized spacial score (nSPS) is 26.4. The number of amides is 2. The Hall–Kier alpha value is -1.91. The van der Waals surface area contributed by atoms with Gasteiger partial charge in [-0.05, 0) is 39.0 Å². The Bertz CT molecular complexity index is 584. The van der Waals surface area contributed by atoms with Crippen LogP contribution in [0.4, 0.5) is 0 Å². The second kappa shape index (κ2) is 5.38. The average Bonchev–Trinajstić information content (AvgIpc) is 2.89. The number of rotatable bonds is 4. The number of allylic oxidation sites excluding steroid dienone is 2. The van der Waals surface area contributed by atoms with Crippen LogP contribution in [0.3, 0.4) is 0 Å². The number of hydrogen-bond acceptors (Lipinski definition) is 4. The Kier molecular flexibility index (Phi) is 4.02. The van der Waals surface area contributed by atoms with Crippen molar-refractivity contribution in [1.82, 2.24) is 4.90 Å². The highest BCUT2D eigenvalue weighted by Gasteiger charge is 2.61. The van der Waals surface area contributed by atoms with Gasteiger partial charge in [0.15, 0.2) is 6.73 Å². The van der Waals surface area contributed by atoms with Gasteiger partial charge < -0.3 is 4.74 Å². The summed E-state index contributed by atoms with van der Waals surface area (Å²) in [5.74, 6) is -1.19. The van der Waals surface area contributed by atoms with Gasteiger partial charge in [0.05, 0.1) is 5.92 Å². The molecular formula is C17H23NO4. The van der Waals surface area contributed by atoms with E-state index < -0.39 is 0 Å². The molecule has 0 aromatic rings. The maximum absolute atomic E-state index is 12.2. The molecule has 2 atom stereocenters. The minimum atomic E-state index is -0.383. The standard InChI is InChI=1S/C17H23NO4/c1-9(2)7-12-13(17(12,5)6)16(21)22-8-18-14(19)10(3)11(4)15(18)20/h7,12-13H,8H2,1-6H3. The van der Waals surface area contributed by atoms with E-state index >= 15 is 0 Å². The highest BCUT2D eigenvalue weighted by molar-refractivity contribution is 6.18. The molecule has 0 aromatic carbocycles. The Morgan fingerprint density at radius 2 is 1.68 bits per heavy atom. The summed E-state index contributed by atoms with van der Waals surface area (Å²) < 4.78 is 5.22. The molecule has 2 unspecified atom stereocenters. The minimum absolute atomic E-state index is 0.141. The number of imide groups is 1. The molecule has 0 aromatic heterocycles. The first-order valence-corrected chi connectivity index (χ1v) is 7.44. The zero-order valence-corrected chi connectivity index (χ0v) is 14.0. The molecule has 1 aliphatic carbocycles. The predicted molar refractivity (Wildman–Crippen MR) is 81.4 cm³/mol. The average molecular weight is 305 g/mol. The molecule has 120 valence electrons. The molecule has 0 spiro atoms. The summed E-state index contributed by atoms with van der Waals surface area (Å²) >= 11 is 0. The summed E-state index contributed by atoms with van der Waals surface area (Å²) in [4.78, 5) is 37.0. The van der Waals surface area contributed by atoms with Crippen LogP contribution in [0, 0.1) is 17.3 Å². The lowest BCUT2D eigenvalue weighted by molar-refractivity contribution is -0.156. The fourth-order valence-corrected chi connectivity index (χ4v) is 2.95. The summed E-state index contributed by atoms with van der Waals surface area (Å²) in [5, 5.41) is 0. The number of carbonyl (C=O) groups is 3. The molecular weight excluding hydrogens is 282 g/mol. The molecule has 1 aliphatic heterocycles. The van der Waals surface area contributed by atoms with E-state index in [0.717, 1.165) is 10.5 Å². The van der Waals surface area contributed by atoms with Crippen LogP contribution in [0.5, 0.6) is 0 Å². The van der Waals surface area contributed by atoms with Crippen LogP contribution >= 0.6 is 0 Å². The third-order valence-electron chi connectivity index (χ3n) is 4.71. The van der Waals surface area contributed by atoms with E-state index in [1.54, 1.807) is 13.8 Å². The van der Waals surface area contributed by atoms with Gasteiger partial charge in [0.25, 0.3) is 11.8 Å². The number of carbonyl (C=O) groups excluding carboxylic acids is 3. The lowest BCUT2D eigenvalue weighted by atomic mass is 10.1. The van der Waals surface area contributed by atoms with E-state index in [2.05, 4.69) is 6.08 Å². The zero-order chi connectivity index (χ0) is 16.8. The molecule has 1 saturated carbocycles. The highest BCUT2D eigenvalue weighted by Crippen LogP contribution is 2.59. The lowest BCUT2D eigenvalue weighted by Gasteiger charge is -2.15. The van der Waals surface area contributed by atoms with Gasteiger partial charge in [-0.3, -0.25) is 14.4 Å². The summed E-state index contributed by atoms with van der Waals surface area (Å²) in [6.45, 7) is 10.9. The van der Waals surface area contributed by atoms with Crippen LogP contribution < -0.4 is 0 Å². The molecule has 0 N–H and O–H groups in total. The quantitative estimate of drug-likeness (QED) is 0.454. The van der Waals surface area contributed by atoms with Gasteiger partial charge in [-0.25, -0.2) is 4.90 Å². The van der Waals surface area contributed by atoms with Gasteiger partial charge >= 0.3 is 5.97 Å². The summed E-state index contributed by atoms with van der Waals surface area (Å²) in [5.41, 5.74) is 1.84. The Balaban J connectivity index is 1.97. The van der Waals surface area contributed by atoms with Gasteiger partial charge in [-0.2, -0.15) is 0 Å². The van der Waals surface area contributed by atoms with Crippen LogP contribution in [0.25, 0.3) is 0 Å². The zero-order valence-electron chi connectivity index (χ0n) is 14.0. The highest BCUT2D eigenvalue weighted by atomic mass is 16.5. The minimum Gasteiger partial charge on any atom is -0.443 e. The van der Waals surface area contributed by atoms with Crippen molar-refractivity contribution in [2.75, 3.05) is 6.73 Å². The molecule has 1 heterocycles. The lowest BCUT2D eigenvalue weighted by Crippen LogP contribution is -2.35. The van der Waals surface area contributed by atoms with E-state index in [0.29, 0.717) is 11.1 Å². The van der Waals surface area contributed by atoms with Crippen molar-refractivity contribution in [3.05, 3.63) is 22.8 Å². The van der Waals surface area contributed by atoms with Gasteiger partial charge in [-0.1, -0.05) is 25.5 Å². The van der Waals surface area contributed by atoms with Crippen molar-refractivity contribution in [1.29, 1.82) is 0 Å². The fraction of sp³-hybridized carbons (Fsp3) is 0.588. The van der Waals surface area contributed by atoms with Crippen molar-refractivity contribution in [3.63, 3.8) is 0 Å². The smallest absolute Gasteiger partial charge is 0.311 e. The van der Waals surface area contributed by atoms with Gasteiger partial charge in [0, 0.05) is 11.1 Å². The van der Waals surface area contributed by atoms with E-state index in [9.17, 15) is 14.4 Å². The maximum atomic E-state index is 12.2. The van der Waals surface area contributed by atoms with E-state index in [1.165, 1.54) is 0 Å². The third kappa shape index (κ3) is 2.60. The Morgan fingerprint density at radius 3 is 2.14 bits per heavy atom. The van der Waals surface area contributed by atoms with Gasteiger partial charge in [-0.15, -0.1) is 0 Å². The van der Waals surface area contributed by atoms with Crippen molar-refractivity contribution in [3.8, 4) is 0 Å². The number of hydrogen-bond donors (Lipinski definition) is 0. The fourth-order valence-electron chi connectivity index (χ4n) is 2.95. The van der Waals surface area contributed by atoms with Crippen molar-refractivity contribution >= 4 is 17.8 Å². The Labute approximate surface area is 131 Å². The molecule has 5 nitrogen and oxygen atoms in total. The van der Waals surface area contributed by atoms with Gasteiger partial charge in [0.1, 0.15) is 0 Å². The second-order valence-electron chi connectivity index (χ2n) is 6.95. The largest absolute Gasteiger partial charge is 0.443 e. The first-order valence-electron chi connectivity index (χ1n) is 7.44. The summed E-state index contributed by atoms with van der Waals surface area (Å²) in [6, 6.07) is 0. The molecule has 5 heteroatoms. The summed E-state index contributed by atoms with van der Waals surface area (Å²) in [6.07, 6.45) is 2.08. The first kappa shape index (κ1) is 16.5. The van der Waals surface area contributed by atoms with E-state index in [-0.39, 0.29) is 41.8 Å². The van der Waals surface area contributed by atoms with Crippen LogP contribution in [-0.2, 0) is 19.1 Å². The molecule has 2 aliphatic rings. The number of esters is 1.